The number of ether oxygens (including phenoxy) is 2. The first-order valence-corrected chi connectivity index (χ1v) is 7.06. The van der Waals surface area contributed by atoms with Crippen molar-refractivity contribution < 1.29 is 19.1 Å². The molecule has 1 aliphatic rings. The monoisotopic (exact) mass is 275 g/mol. The molecular weight excluding hydrogens is 254 g/mol. The van der Waals surface area contributed by atoms with Crippen molar-refractivity contribution in [1.82, 2.24) is 5.32 Å². The summed E-state index contributed by atoms with van der Waals surface area (Å²) in [6.45, 7) is 8.92. The summed E-state index contributed by atoms with van der Waals surface area (Å²) in [6.07, 6.45) is -0.322. The Balaban J connectivity index is 2.58. The molecule has 1 N–H and O–H groups in total. The van der Waals surface area contributed by atoms with Crippen molar-refractivity contribution in [3.05, 3.63) is 0 Å². The third-order valence-electron chi connectivity index (χ3n) is 2.36. The lowest BCUT2D eigenvalue weighted by molar-refractivity contribution is -0.152. The molecule has 18 heavy (non-hydrogen) atoms. The SMILES string of the molecule is CC(C)OC(=O)C1CSC(C)(C(=O)OC(C)C)N1. The van der Waals surface area contributed by atoms with Gasteiger partial charge in [0.05, 0.1) is 12.2 Å². The average molecular weight is 275 g/mol. The van der Waals surface area contributed by atoms with Crippen molar-refractivity contribution >= 4 is 23.7 Å². The fourth-order valence-corrected chi connectivity index (χ4v) is 2.66. The van der Waals surface area contributed by atoms with Crippen molar-refractivity contribution in [3.8, 4) is 0 Å². The number of hydrogen-bond acceptors (Lipinski definition) is 6. The lowest BCUT2D eigenvalue weighted by Gasteiger charge is -2.23. The van der Waals surface area contributed by atoms with E-state index in [2.05, 4.69) is 5.32 Å². The molecule has 0 amide bonds. The highest BCUT2D eigenvalue weighted by atomic mass is 32.2. The highest BCUT2D eigenvalue weighted by Crippen LogP contribution is 2.32. The lowest BCUT2D eigenvalue weighted by Crippen LogP contribution is -2.50. The summed E-state index contributed by atoms with van der Waals surface area (Å²) in [6, 6.07) is -0.456. The van der Waals surface area contributed by atoms with Crippen LogP contribution in [0.5, 0.6) is 0 Å². The Morgan fingerprint density at radius 1 is 1.22 bits per heavy atom. The van der Waals surface area contributed by atoms with Gasteiger partial charge in [0.1, 0.15) is 6.04 Å². The predicted octanol–water partition coefficient (Wildman–Crippen LogP) is 1.31. The molecule has 0 saturated carbocycles. The van der Waals surface area contributed by atoms with Crippen LogP contribution in [0, 0.1) is 0 Å². The molecule has 0 bridgehead atoms. The standard InChI is InChI=1S/C12H21NO4S/c1-7(2)16-10(14)9-6-18-12(5,13-9)11(15)17-8(3)4/h7-9,13H,6H2,1-5H3. The number of carbonyl (C=O) groups excluding carboxylic acids is 2. The van der Waals surface area contributed by atoms with Crippen LogP contribution >= 0.6 is 11.8 Å². The van der Waals surface area contributed by atoms with Gasteiger partial charge in [0.15, 0.2) is 4.87 Å². The minimum atomic E-state index is -0.870. The maximum absolute atomic E-state index is 11.9. The van der Waals surface area contributed by atoms with Crippen LogP contribution in [0.4, 0.5) is 0 Å². The van der Waals surface area contributed by atoms with Crippen LogP contribution in [0.2, 0.25) is 0 Å². The number of esters is 2. The minimum absolute atomic E-state index is 0.154. The fraction of sp³-hybridized carbons (Fsp3) is 0.833. The van der Waals surface area contributed by atoms with E-state index in [1.54, 1.807) is 34.6 Å². The van der Waals surface area contributed by atoms with Crippen molar-refractivity contribution in [1.29, 1.82) is 0 Å². The summed E-state index contributed by atoms with van der Waals surface area (Å²) >= 11 is 1.37. The molecule has 0 aliphatic carbocycles. The van der Waals surface area contributed by atoms with E-state index in [1.807, 2.05) is 0 Å². The second-order valence-electron chi connectivity index (χ2n) is 4.98. The summed E-state index contributed by atoms with van der Waals surface area (Å²) < 4.78 is 10.3. The third-order valence-corrected chi connectivity index (χ3v) is 3.72. The minimum Gasteiger partial charge on any atom is -0.462 e. The Labute approximate surface area is 112 Å². The summed E-state index contributed by atoms with van der Waals surface area (Å²) in [7, 11) is 0. The number of hydrogen-bond donors (Lipinski definition) is 1. The largest absolute Gasteiger partial charge is 0.462 e. The molecule has 1 aliphatic heterocycles. The first-order valence-electron chi connectivity index (χ1n) is 6.08. The van der Waals surface area contributed by atoms with Crippen LogP contribution < -0.4 is 5.32 Å². The highest BCUT2D eigenvalue weighted by Gasteiger charge is 2.46. The number of thioether (sulfide) groups is 1. The van der Waals surface area contributed by atoms with Gasteiger partial charge in [-0.25, -0.2) is 4.79 Å². The second-order valence-corrected chi connectivity index (χ2v) is 6.42. The van der Waals surface area contributed by atoms with E-state index >= 15 is 0 Å². The van der Waals surface area contributed by atoms with E-state index in [9.17, 15) is 9.59 Å². The van der Waals surface area contributed by atoms with Crippen LogP contribution in [0.25, 0.3) is 0 Å². The van der Waals surface area contributed by atoms with E-state index in [4.69, 9.17) is 9.47 Å². The molecule has 104 valence electrons. The van der Waals surface area contributed by atoms with E-state index in [0.717, 1.165) is 0 Å². The van der Waals surface area contributed by atoms with E-state index < -0.39 is 10.9 Å². The predicted molar refractivity (Wildman–Crippen MR) is 70.2 cm³/mol. The topological polar surface area (TPSA) is 64.6 Å². The molecule has 6 heteroatoms. The Bertz CT molecular complexity index is 332. The molecule has 0 aromatic rings. The zero-order chi connectivity index (χ0) is 13.9. The molecule has 0 spiro atoms. The van der Waals surface area contributed by atoms with Gasteiger partial charge in [-0.2, -0.15) is 0 Å². The van der Waals surface area contributed by atoms with Gasteiger partial charge in [0.2, 0.25) is 0 Å². The average Bonchev–Trinajstić information content (AvgIpc) is 2.60. The van der Waals surface area contributed by atoms with E-state index in [-0.39, 0.29) is 24.1 Å². The summed E-state index contributed by atoms with van der Waals surface area (Å²) in [5.74, 6) is -0.157. The molecule has 0 radical (unpaired) electrons. The summed E-state index contributed by atoms with van der Waals surface area (Å²) in [5.41, 5.74) is 0. The van der Waals surface area contributed by atoms with Crippen LogP contribution in [-0.2, 0) is 19.1 Å². The Kier molecular flexibility index (Phi) is 5.04. The van der Waals surface area contributed by atoms with Crippen molar-refractivity contribution in [3.63, 3.8) is 0 Å². The van der Waals surface area contributed by atoms with Gasteiger partial charge in [0, 0.05) is 5.75 Å². The molecular formula is C12H21NO4S. The molecule has 1 fully saturated rings. The molecule has 0 aromatic heterocycles. The van der Waals surface area contributed by atoms with Crippen LogP contribution in [0.3, 0.4) is 0 Å². The first-order chi connectivity index (χ1) is 8.24. The van der Waals surface area contributed by atoms with Gasteiger partial charge in [-0.3, -0.25) is 10.1 Å². The quantitative estimate of drug-likeness (QED) is 0.780. The highest BCUT2D eigenvalue weighted by molar-refractivity contribution is 8.01. The lowest BCUT2D eigenvalue weighted by atomic mass is 10.2. The maximum atomic E-state index is 11.9. The Morgan fingerprint density at radius 2 is 1.78 bits per heavy atom. The van der Waals surface area contributed by atoms with E-state index in [1.165, 1.54) is 11.8 Å². The first kappa shape index (κ1) is 15.3. The fourth-order valence-electron chi connectivity index (χ4n) is 1.55. The van der Waals surface area contributed by atoms with Gasteiger partial charge < -0.3 is 9.47 Å². The molecule has 1 saturated heterocycles. The van der Waals surface area contributed by atoms with Crippen molar-refractivity contribution in [2.24, 2.45) is 0 Å². The third kappa shape index (κ3) is 3.88. The van der Waals surface area contributed by atoms with Gasteiger partial charge in [-0.15, -0.1) is 11.8 Å². The van der Waals surface area contributed by atoms with Crippen molar-refractivity contribution in [2.45, 2.75) is 57.7 Å². The second kappa shape index (κ2) is 5.93. The Hall–Kier alpha value is -0.750. The molecule has 0 aromatic carbocycles. The molecule has 1 rings (SSSR count). The zero-order valence-corrected chi connectivity index (χ0v) is 12.3. The van der Waals surface area contributed by atoms with Gasteiger partial charge >= 0.3 is 11.9 Å². The number of rotatable bonds is 4. The van der Waals surface area contributed by atoms with Crippen LogP contribution in [-0.4, -0.2) is 40.8 Å². The van der Waals surface area contributed by atoms with Gasteiger partial charge in [-0.1, -0.05) is 0 Å². The van der Waals surface area contributed by atoms with Crippen LogP contribution in [0.1, 0.15) is 34.6 Å². The van der Waals surface area contributed by atoms with E-state index in [0.29, 0.717) is 5.75 Å². The normalized spacial score (nSPS) is 27.6. The number of nitrogens with one attached hydrogen (secondary N) is 1. The maximum Gasteiger partial charge on any atom is 0.336 e. The van der Waals surface area contributed by atoms with Gasteiger partial charge in [-0.05, 0) is 34.6 Å². The molecule has 5 nitrogen and oxygen atoms in total. The molecule has 2 unspecified atom stereocenters. The van der Waals surface area contributed by atoms with Crippen LogP contribution in [0.15, 0.2) is 0 Å². The molecule has 1 heterocycles. The van der Waals surface area contributed by atoms with Crippen molar-refractivity contribution in [2.75, 3.05) is 5.75 Å². The smallest absolute Gasteiger partial charge is 0.336 e. The number of carbonyl (C=O) groups is 2. The zero-order valence-electron chi connectivity index (χ0n) is 11.5. The summed E-state index contributed by atoms with van der Waals surface area (Å²) in [5, 5.41) is 2.99. The summed E-state index contributed by atoms with van der Waals surface area (Å²) in [4.78, 5) is 22.8. The Morgan fingerprint density at radius 3 is 2.28 bits per heavy atom. The van der Waals surface area contributed by atoms with Gasteiger partial charge in [0.25, 0.3) is 0 Å². The molecule has 2 atom stereocenters.